The molecule has 1 aliphatic rings. The van der Waals surface area contributed by atoms with Crippen molar-refractivity contribution in [2.45, 2.75) is 32.6 Å². The number of nitrogens with two attached hydrogens (primary N) is 1. The van der Waals surface area contributed by atoms with Gasteiger partial charge in [-0.15, -0.1) is 0 Å². The summed E-state index contributed by atoms with van der Waals surface area (Å²) >= 11 is 3.59. The maximum absolute atomic E-state index is 6.34. The quantitative estimate of drug-likeness (QED) is 0.802. The van der Waals surface area contributed by atoms with Crippen molar-refractivity contribution in [3.63, 3.8) is 0 Å². The fraction of sp³-hybridized carbons (Fsp3) is 0.357. The summed E-state index contributed by atoms with van der Waals surface area (Å²) in [6.07, 6.45) is 4.61. The molecule has 17 heavy (non-hydrogen) atoms. The molecule has 0 saturated heterocycles. The van der Waals surface area contributed by atoms with Crippen LogP contribution in [0.2, 0.25) is 0 Å². The predicted octanol–water partition coefficient (Wildman–Crippen LogP) is 3.77. The maximum atomic E-state index is 6.34. The van der Waals surface area contributed by atoms with Gasteiger partial charge < -0.3 is 5.73 Å². The topological polar surface area (TPSA) is 38.9 Å². The second-order valence-corrected chi connectivity index (χ2v) is 5.60. The molecule has 2 N–H and O–H groups in total. The number of pyridine rings is 1. The average molecular weight is 291 g/mol. The van der Waals surface area contributed by atoms with Gasteiger partial charge in [0.2, 0.25) is 0 Å². The largest absolute Gasteiger partial charge is 0.398 e. The van der Waals surface area contributed by atoms with E-state index in [1.165, 1.54) is 29.7 Å². The number of halogens is 1. The minimum absolute atomic E-state index is 0.931. The predicted molar refractivity (Wildman–Crippen MR) is 75.2 cm³/mol. The van der Waals surface area contributed by atoms with Gasteiger partial charge in [-0.25, -0.2) is 0 Å². The first-order chi connectivity index (χ1) is 8.18. The molecule has 3 rings (SSSR count). The lowest BCUT2D eigenvalue weighted by Crippen LogP contribution is -2.10. The Morgan fingerprint density at radius 3 is 2.82 bits per heavy atom. The molecule has 0 bridgehead atoms. The van der Waals surface area contributed by atoms with Crippen molar-refractivity contribution >= 4 is 32.5 Å². The number of fused-ring (bicyclic) bond motifs is 2. The molecular formula is C14H15BrN2. The maximum Gasteiger partial charge on any atom is 0.0766 e. The van der Waals surface area contributed by atoms with Crippen LogP contribution in [0, 0.1) is 6.92 Å². The number of hydrogen-bond donors (Lipinski definition) is 1. The van der Waals surface area contributed by atoms with Gasteiger partial charge in [-0.3, -0.25) is 4.98 Å². The van der Waals surface area contributed by atoms with Gasteiger partial charge in [0.1, 0.15) is 0 Å². The molecule has 0 fully saturated rings. The summed E-state index contributed by atoms with van der Waals surface area (Å²) < 4.78 is 1.05. The van der Waals surface area contributed by atoms with Crippen molar-refractivity contribution < 1.29 is 0 Å². The highest BCUT2D eigenvalue weighted by molar-refractivity contribution is 9.10. The van der Waals surface area contributed by atoms with Gasteiger partial charge >= 0.3 is 0 Å². The van der Waals surface area contributed by atoms with Gasteiger partial charge in [0.25, 0.3) is 0 Å². The minimum Gasteiger partial charge on any atom is -0.398 e. The third-order valence-corrected chi connectivity index (χ3v) is 4.27. The van der Waals surface area contributed by atoms with Crippen molar-refractivity contribution in [3.8, 4) is 0 Å². The molecule has 0 aliphatic heterocycles. The molecule has 1 aromatic heterocycles. The monoisotopic (exact) mass is 290 g/mol. The SMILES string of the molecule is Cc1ccc(Br)c2c(N)c3c(nc12)CCCC3. The minimum atomic E-state index is 0.931. The zero-order chi connectivity index (χ0) is 12.0. The molecule has 0 atom stereocenters. The number of nitrogens with zero attached hydrogens (tertiary/aromatic N) is 1. The van der Waals surface area contributed by atoms with Gasteiger partial charge in [0, 0.05) is 21.2 Å². The highest BCUT2D eigenvalue weighted by Gasteiger charge is 2.18. The third-order valence-electron chi connectivity index (χ3n) is 3.61. The zero-order valence-electron chi connectivity index (χ0n) is 9.89. The van der Waals surface area contributed by atoms with E-state index in [1.54, 1.807) is 0 Å². The van der Waals surface area contributed by atoms with E-state index in [0.717, 1.165) is 33.9 Å². The van der Waals surface area contributed by atoms with Crippen molar-refractivity contribution in [2.24, 2.45) is 0 Å². The van der Waals surface area contributed by atoms with Gasteiger partial charge in [-0.05, 0) is 49.8 Å². The second-order valence-electron chi connectivity index (χ2n) is 4.75. The Bertz CT molecular complexity index is 605. The summed E-state index contributed by atoms with van der Waals surface area (Å²) in [7, 11) is 0. The summed E-state index contributed by atoms with van der Waals surface area (Å²) in [5, 5.41) is 1.09. The van der Waals surface area contributed by atoms with Crippen LogP contribution in [0.1, 0.15) is 29.7 Å². The smallest absolute Gasteiger partial charge is 0.0766 e. The lowest BCUT2D eigenvalue weighted by atomic mass is 9.92. The van der Waals surface area contributed by atoms with Crippen molar-refractivity contribution in [2.75, 3.05) is 5.73 Å². The van der Waals surface area contributed by atoms with E-state index in [-0.39, 0.29) is 0 Å². The molecule has 1 heterocycles. The summed E-state index contributed by atoms with van der Waals surface area (Å²) in [6.45, 7) is 2.09. The summed E-state index contributed by atoms with van der Waals surface area (Å²) in [4.78, 5) is 4.83. The Hall–Kier alpha value is -1.09. The van der Waals surface area contributed by atoms with Gasteiger partial charge in [-0.2, -0.15) is 0 Å². The van der Waals surface area contributed by atoms with E-state index in [9.17, 15) is 0 Å². The molecule has 0 radical (unpaired) electrons. The molecule has 0 spiro atoms. The number of aromatic nitrogens is 1. The van der Waals surface area contributed by atoms with E-state index < -0.39 is 0 Å². The highest BCUT2D eigenvalue weighted by Crippen LogP contribution is 2.36. The molecule has 2 nitrogen and oxygen atoms in total. The zero-order valence-corrected chi connectivity index (χ0v) is 11.5. The highest BCUT2D eigenvalue weighted by atomic mass is 79.9. The molecular weight excluding hydrogens is 276 g/mol. The van der Waals surface area contributed by atoms with Crippen LogP contribution in [-0.4, -0.2) is 4.98 Å². The van der Waals surface area contributed by atoms with E-state index >= 15 is 0 Å². The lowest BCUT2D eigenvalue weighted by molar-refractivity contribution is 0.673. The average Bonchev–Trinajstić information content (AvgIpc) is 2.34. The normalized spacial score (nSPS) is 14.9. The third kappa shape index (κ3) is 1.64. The number of anilines is 1. The number of aryl methyl sites for hydroxylation is 2. The number of nitrogen functional groups attached to an aromatic ring is 1. The van der Waals surface area contributed by atoms with Crippen LogP contribution in [-0.2, 0) is 12.8 Å². The molecule has 88 valence electrons. The first-order valence-electron chi connectivity index (χ1n) is 6.04. The van der Waals surface area contributed by atoms with Gasteiger partial charge in [0.05, 0.1) is 5.52 Å². The Kier molecular flexibility index (Phi) is 2.58. The standard InChI is InChI=1S/C14H15BrN2/c1-8-6-7-10(15)12-13(16)9-4-2-3-5-11(9)17-14(8)12/h6-7H,2-5H2,1H3,(H2,16,17). The van der Waals surface area contributed by atoms with Crippen LogP contribution in [0.5, 0.6) is 0 Å². The summed E-state index contributed by atoms with van der Waals surface area (Å²) in [5.41, 5.74) is 12.0. The van der Waals surface area contributed by atoms with Gasteiger partial charge in [0.15, 0.2) is 0 Å². The van der Waals surface area contributed by atoms with E-state index in [1.807, 2.05) is 0 Å². The number of hydrogen-bond acceptors (Lipinski definition) is 2. The summed E-state index contributed by atoms with van der Waals surface area (Å²) in [5.74, 6) is 0. The van der Waals surface area contributed by atoms with Crippen molar-refractivity contribution in [3.05, 3.63) is 33.4 Å². The second kappa shape index (κ2) is 3.98. The summed E-state index contributed by atoms with van der Waals surface area (Å²) in [6, 6.07) is 4.15. The Morgan fingerprint density at radius 1 is 1.24 bits per heavy atom. The molecule has 0 amide bonds. The molecule has 3 heteroatoms. The van der Waals surface area contributed by atoms with Crippen LogP contribution in [0.3, 0.4) is 0 Å². The van der Waals surface area contributed by atoms with Crippen LogP contribution in [0.4, 0.5) is 5.69 Å². The Labute approximate surface area is 109 Å². The van der Waals surface area contributed by atoms with Crippen LogP contribution in [0.25, 0.3) is 10.9 Å². The van der Waals surface area contributed by atoms with E-state index in [0.29, 0.717) is 0 Å². The molecule has 1 aromatic carbocycles. The van der Waals surface area contributed by atoms with E-state index in [2.05, 4.69) is 35.0 Å². The fourth-order valence-corrected chi connectivity index (χ4v) is 3.19. The molecule has 2 aromatic rings. The Morgan fingerprint density at radius 2 is 2.00 bits per heavy atom. The van der Waals surface area contributed by atoms with Crippen molar-refractivity contribution in [1.29, 1.82) is 0 Å². The number of benzene rings is 1. The van der Waals surface area contributed by atoms with Gasteiger partial charge in [-0.1, -0.05) is 22.0 Å². The number of rotatable bonds is 0. The van der Waals surface area contributed by atoms with Crippen LogP contribution in [0.15, 0.2) is 16.6 Å². The van der Waals surface area contributed by atoms with E-state index in [4.69, 9.17) is 10.7 Å². The fourth-order valence-electron chi connectivity index (χ4n) is 2.66. The Balaban J connectivity index is 2.44. The first-order valence-corrected chi connectivity index (χ1v) is 6.84. The van der Waals surface area contributed by atoms with Crippen molar-refractivity contribution in [1.82, 2.24) is 4.98 Å². The van der Waals surface area contributed by atoms with Crippen LogP contribution < -0.4 is 5.73 Å². The first kappa shape index (κ1) is 11.0. The molecule has 0 unspecified atom stereocenters. The van der Waals surface area contributed by atoms with Crippen LogP contribution >= 0.6 is 15.9 Å². The molecule has 0 saturated carbocycles. The molecule has 1 aliphatic carbocycles. The lowest BCUT2D eigenvalue weighted by Gasteiger charge is -2.19.